The molecule has 0 saturated heterocycles. The summed E-state index contributed by atoms with van der Waals surface area (Å²) in [4.78, 5) is 14.9. The molecule has 1 aliphatic heterocycles. The first kappa shape index (κ1) is 16.6. The molecule has 1 atom stereocenters. The van der Waals surface area contributed by atoms with Gasteiger partial charge >= 0.3 is 0 Å². The van der Waals surface area contributed by atoms with Gasteiger partial charge in [0.05, 0.1) is 6.54 Å². The molecule has 1 amide bonds. The fourth-order valence-electron chi connectivity index (χ4n) is 3.55. The Kier molecular flexibility index (Phi) is 4.61. The molecule has 1 heterocycles. The van der Waals surface area contributed by atoms with Gasteiger partial charge in [-0.3, -0.25) is 4.79 Å². The Morgan fingerprint density at radius 1 is 1.21 bits per heavy atom. The number of nitrogens with one attached hydrogen (secondary N) is 1. The molecule has 0 saturated carbocycles. The minimum Gasteiger partial charge on any atom is -0.359 e. The van der Waals surface area contributed by atoms with E-state index in [2.05, 4.69) is 74.3 Å². The van der Waals surface area contributed by atoms with Gasteiger partial charge in [0.25, 0.3) is 0 Å². The van der Waals surface area contributed by atoms with Gasteiger partial charge in [0.2, 0.25) is 5.91 Å². The van der Waals surface area contributed by atoms with Crippen molar-refractivity contribution in [1.29, 1.82) is 0 Å². The maximum Gasteiger partial charge on any atom is 0.243 e. The van der Waals surface area contributed by atoms with Gasteiger partial charge in [-0.1, -0.05) is 50.2 Å². The maximum atomic E-state index is 12.7. The minimum absolute atomic E-state index is 0.0507. The summed E-state index contributed by atoms with van der Waals surface area (Å²) in [6, 6.07) is 14.9. The normalized spacial score (nSPS) is 16.4. The Balaban J connectivity index is 1.78. The molecular weight excluding hydrogens is 296 g/mol. The SMILES string of the molecule is Cc1cccc(C(C)C)c1NC(=O)CN1c2ccccc2C[C@@H]1C. The number of hydrogen-bond donors (Lipinski definition) is 1. The fraction of sp³-hybridized carbons (Fsp3) is 0.381. The highest BCUT2D eigenvalue weighted by atomic mass is 16.2. The van der Waals surface area contributed by atoms with Crippen molar-refractivity contribution in [2.75, 3.05) is 16.8 Å². The maximum absolute atomic E-state index is 12.7. The third-order valence-corrected chi connectivity index (χ3v) is 4.85. The van der Waals surface area contributed by atoms with Crippen LogP contribution >= 0.6 is 0 Å². The number of carbonyl (C=O) groups excluding carboxylic acids is 1. The number of rotatable bonds is 4. The van der Waals surface area contributed by atoms with Crippen molar-refractivity contribution < 1.29 is 4.79 Å². The summed E-state index contributed by atoms with van der Waals surface area (Å²) < 4.78 is 0. The lowest BCUT2D eigenvalue weighted by molar-refractivity contribution is -0.115. The number of nitrogens with zero attached hydrogens (tertiary/aromatic N) is 1. The Bertz CT molecular complexity index is 751. The molecule has 0 radical (unpaired) electrons. The van der Waals surface area contributed by atoms with Crippen molar-refractivity contribution >= 4 is 17.3 Å². The Morgan fingerprint density at radius 3 is 2.71 bits per heavy atom. The number of benzene rings is 2. The molecule has 2 aromatic rings. The van der Waals surface area contributed by atoms with E-state index in [4.69, 9.17) is 0 Å². The highest BCUT2D eigenvalue weighted by Gasteiger charge is 2.27. The van der Waals surface area contributed by atoms with Crippen LogP contribution in [0.1, 0.15) is 43.4 Å². The first-order chi connectivity index (χ1) is 11.5. The number of para-hydroxylation sites is 2. The Labute approximate surface area is 144 Å². The fourth-order valence-corrected chi connectivity index (χ4v) is 3.55. The van der Waals surface area contributed by atoms with Crippen LogP contribution in [0.25, 0.3) is 0 Å². The van der Waals surface area contributed by atoms with Gasteiger partial charge in [-0.15, -0.1) is 0 Å². The van der Waals surface area contributed by atoms with Crippen molar-refractivity contribution in [2.45, 2.75) is 46.1 Å². The molecule has 1 aliphatic rings. The second kappa shape index (κ2) is 6.68. The molecule has 0 fully saturated rings. The van der Waals surface area contributed by atoms with Gasteiger partial charge in [-0.25, -0.2) is 0 Å². The van der Waals surface area contributed by atoms with Gasteiger partial charge in [-0.2, -0.15) is 0 Å². The van der Waals surface area contributed by atoms with E-state index < -0.39 is 0 Å². The largest absolute Gasteiger partial charge is 0.359 e. The van der Waals surface area contributed by atoms with Crippen molar-refractivity contribution in [3.63, 3.8) is 0 Å². The van der Waals surface area contributed by atoms with Crippen LogP contribution in [-0.2, 0) is 11.2 Å². The quantitative estimate of drug-likeness (QED) is 0.898. The summed E-state index contributed by atoms with van der Waals surface area (Å²) in [5.41, 5.74) is 5.80. The average molecular weight is 322 g/mol. The molecule has 0 aliphatic carbocycles. The lowest BCUT2D eigenvalue weighted by atomic mass is 9.98. The van der Waals surface area contributed by atoms with Crippen LogP contribution in [0.4, 0.5) is 11.4 Å². The predicted octanol–water partition coefficient (Wildman–Crippen LogP) is 4.51. The predicted molar refractivity (Wildman–Crippen MR) is 101 cm³/mol. The van der Waals surface area contributed by atoms with Gasteiger partial charge in [-0.05, 0) is 48.9 Å². The highest BCUT2D eigenvalue weighted by Crippen LogP contribution is 2.32. The molecule has 0 bridgehead atoms. The zero-order valence-electron chi connectivity index (χ0n) is 15.0. The van der Waals surface area contributed by atoms with E-state index in [0.717, 1.165) is 17.7 Å². The smallest absolute Gasteiger partial charge is 0.243 e. The first-order valence-corrected chi connectivity index (χ1v) is 8.71. The zero-order valence-corrected chi connectivity index (χ0v) is 15.0. The van der Waals surface area contributed by atoms with Gasteiger partial charge < -0.3 is 10.2 Å². The third-order valence-electron chi connectivity index (χ3n) is 4.85. The lowest BCUT2D eigenvalue weighted by Gasteiger charge is -2.25. The van der Waals surface area contributed by atoms with Crippen LogP contribution in [0, 0.1) is 6.92 Å². The Morgan fingerprint density at radius 2 is 1.96 bits per heavy atom. The molecule has 3 nitrogen and oxygen atoms in total. The van der Waals surface area contributed by atoms with Gasteiger partial charge in [0.15, 0.2) is 0 Å². The first-order valence-electron chi connectivity index (χ1n) is 8.71. The van der Waals surface area contributed by atoms with Crippen molar-refractivity contribution in [2.24, 2.45) is 0 Å². The highest BCUT2D eigenvalue weighted by molar-refractivity contribution is 5.96. The standard InChI is InChI=1S/C21H26N2O/c1-14(2)18-10-7-8-15(3)21(18)22-20(24)13-23-16(4)12-17-9-5-6-11-19(17)23/h5-11,14,16H,12-13H2,1-4H3,(H,22,24)/t16-/m0/s1. The number of anilines is 2. The third kappa shape index (κ3) is 3.16. The molecule has 0 unspecified atom stereocenters. The van der Waals surface area contributed by atoms with Crippen LogP contribution < -0.4 is 10.2 Å². The van der Waals surface area contributed by atoms with E-state index in [0.29, 0.717) is 18.5 Å². The lowest BCUT2D eigenvalue weighted by Crippen LogP contribution is -2.37. The molecular formula is C21H26N2O. The van der Waals surface area contributed by atoms with Gasteiger partial charge in [0, 0.05) is 17.4 Å². The molecule has 3 rings (SSSR count). The Hall–Kier alpha value is -2.29. The summed E-state index contributed by atoms with van der Waals surface area (Å²) >= 11 is 0. The van der Waals surface area contributed by atoms with E-state index in [-0.39, 0.29) is 5.91 Å². The molecule has 1 N–H and O–H groups in total. The summed E-state index contributed by atoms with van der Waals surface area (Å²) in [7, 11) is 0. The molecule has 24 heavy (non-hydrogen) atoms. The molecule has 126 valence electrons. The second-order valence-electron chi connectivity index (χ2n) is 7.05. The summed E-state index contributed by atoms with van der Waals surface area (Å²) in [6.45, 7) is 8.94. The van der Waals surface area contributed by atoms with Crippen molar-refractivity contribution in [1.82, 2.24) is 0 Å². The number of fused-ring (bicyclic) bond motifs is 1. The minimum atomic E-state index is 0.0507. The summed E-state index contributed by atoms with van der Waals surface area (Å²) in [5, 5.41) is 3.16. The van der Waals surface area contributed by atoms with E-state index in [1.54, 1.807) is 0 Å². The van der Waals surface area contributed by atoms with Crippen LogP contribution in [0.2, 0.25) is 0 Å². The van der Waals surface area contributed by atoms with Crippen molar-refractivity contribution in [3.8, 4) is 0 Å². The van der Waals surface area contributed by atoms with E-state index in [1.165, 1.54) is 16.8 Å². The number of hydrogen-bond acceptors (Lipinski definition) is 2. The number of carbonyl (C=O) groups is 1. The number of amides is 1. The molecule has 0 aromatic heterocycles. The van der Waals surface area contributed by atoms with Crippen LogP contribution in [0.15, 0.2) is 42.5 Å². The monoisotopic (exact) mass is 322 g/mol. The van der Waals surface area contributed by atoms with E-state index >= 15 is 0 Å². The molecule has 3 heteroatoms. The number of aryl methyl sites for hydroxylation is 1. The van der Waals surface area contributed by atoms with E-state index in [9.17, 15) is 4.79 Å². The summed E-state index contributed by atoms with van der Waals surface area (Å²) in [5.74, 6) is 0.432. The summed E-state index contributed by atoms with van der Waals surface area (Å²) in [6.07, 6.45) is 1.01. The topological polar surface area (TPSA) is 32.3 Å². The second-order valence-corrected chi connectivity index (χ2v) is 7.05. The van der Waals surface area contributed by atoms with Crippen LogP contribution in [-0.4, -0.2) is 18.5 Å². The van der Waals surface area contributed by atoms with Crippen LogP contribution in [0.5, 0.6) is 0 Å². The molecule has 0 spiro atoms. The molecule has 2 aromatic carbocycles. The average Bonchev–Trinajstić information content (AvgIpc) is 2.85. The zero-order chi connectivity index (χ0) is 17.3. The van der Waals surface area contributed by atoms with Crippen molar-refractivity contribution in [3.05, 3.63) is 59.2 Å². The van der Waals surface area contributed by atoms with E-state index in [1.807, 2.05) is 6.07 Å². The van der Waals surface area contributed by atoms with Gasteiger partial charge in [0.1, 0.15) is 0 Å². The van der Waals surface area contributed by atoms with Crippen LogP contribution in [0.3, 0.4) is 0 Å².